The summed E-state index contributed by atoms with van der Waals surface area (Å²) in [6.07, 6.45) is 12.5. The number of allylic oxidation sites excluding steroid dienone is 6. The zero-order valence-electron chi connectivity index (χ0n) is 38.7. The van der Waals surface area contributed by atoms with Gasteiger partial charge in [0.15, 0.2) is 0 Å². The lowest BCUT2D eigenvalue weighted by molar-refractivity contribution is 0.146. The van der Waals surface area contributed by atoms with Crippen molar-refractivity contribution >= 4 is 39.4 Å². The molecule has 4 aliphatic rings. The number of nitrogens with zero attached hydrogens (tertiary/aromatic N) is 3. The maximum atomic E-state index is 6.14. The SMILES string of the molecule is COCCOc1cccc(/C2=C3\C=CC(=N3)/C(c3cccc(OCCOC)c3)=c3/cc/c([nH]3)=C(\c3cccc(OCCOC)c3)C3=N/C(=C(/c4cccc(OCCOC)c4)C4C=CC2=N4)C=C3)c1. The molecule has 9 rings (SSSR count). The quantitative estimate of drug-likeness (QED) is 0.0787. The van der Waals surface area contributed by atoms with Gasteiger partial charge in [-0.05, 0) is 113 Å². The van der Waals surface area contributed by atoms with Gasteiger partial charge in [0.05, 0.1) is 61.0 Å². The third kappa shape index (κ3) is 10.4. The number of ether oxygens (including phenoxy) is 8. The van der Waals surface area contributed by atoms with Crippen LogP contribution in [0, 0.1) is 0 Å². The summed E-state index contributed by atoms with van der Waals surface area (Å²) in [4.78, 5) is 20.3. The lowest BCUT2D eigenvalue weighted by atomic mass is 9.96. The summed E-state index contributed by atoms with van der Waals surface area (Å²) in [5, 5.41) is 1.71. The van der Waals surface area contributed by atoms with Gasteiger partial charge < -0.3 is 42.9 Å². The molecule has 4 aromatic carbocycles. The lowest BCUT2D eigenvalue weighted by Gasteiger charge is -2.16. The number of fused-ring (bicyclic) bond motifs is 5. The van der Waals surface area contributed by atoms with Crippen LogP contribution >= 0.6 is 0 Å². The highest BCUT2D eigenvalue weighted by atomic mass is 16.5. The third-order valence-corrected chi connectivity index (χ3v) is 11.6. The van der Waals surface area contributed by atoms with Crippen LogP contribution in [0.4, 0.5) is 0 Å². The number of hydrogen-bond acceptors (Lipinski definition) is 11. The molecule has 12 heteroatoms. The van der Waals surface area contributed by atoms with E-state index in [1.54, 1.807) is 28.4 Å². The molecule has 1 atom stereocenters. The summed E-state index contributed by atoms with van der Waals surface area (Å²) in [5.74, 6) is 2.88. The monoisotopic (exact) mass is 910 g/mol. The molecule has 5 heterocycles. The van der Waals surface area contributed by atoms with E-state index in [0.29, 0.717) is 58.6 Å². The Morgan fingerprint density at radius 2 is 0.824 bits per heavy atom. The molecule has 0 aliphatic carbocycles. The standard InChI is InChI=1S/C56H54N4O8/c1-61-25-29-65-41-13-5-9-37(33-41)53-45-17-19-47(57-45)54(38-10-6-14-42(34-38)66-30-26-62-2)49-21-23-51(59-49)56(40-12-8-16-44(36-40)68-32-28-64-4)52-24-22-50(60-52)55(48-20-18-46(53)58-48)39-11-7-15-43(35-39)67-31-27-63-3/h5-24,33-36,45,60H,25-32H2,1-4H3/b53-46-,54-49-,55-50-,56-52-. The van der Waals surface area contributed by atoms with Crippen molar-refractivity contribution in [3.63, 3.8) is 0 Å². The molecule has 4 aliphatic heterocycles. The van der Waals surface area contributed by atoms with Crippen LogP contribution in [0.15, 0.2) is 172 Å². The molecule has 0 saturated carbocycles. The zero-order valence-corrected chi connectivity index (χ0v) is 38.7. The first kappa shape index (κ1) is 45.8. The van der Waals surface area contributed by atoms with Crippen LogP contribution in [0.25, 0.3) is 22.3 Å². The summed E-state index contributed by atoms with van der Waals surface area (Å²) in [6.45, 7) is 3.52. The number of aliphatic imine (C=N–C) groups is 3. The first-order chi connectivity index (χ1) is 33.5. The fourth-order valence-electron chi connectivity index (χ4n) is 8.43. The van der Waals surface area contributed by atoms with Crippen molar-refractivity contribution < 1.29 is 37.9 Å². The molecule has 0 saturated heterocycles. The fraction of sp³-hybridized carbons (Fsp3) is 0.232. The van der Waals surface area contributed by atoms with E-state index in [1.165, 1.54) is 0 Å². The van der Waals surface area contributed by atoms with Crippen LogP contribution in [0.1, 0.15) is 22.3 Å². The highest BCUT2D eigenvalue weighted by Crippen LogP contribution is 2.38. The molecule has 68 heavy (non-hydrogen) atoms. The van der Waals surface area contributed by atoms with E-state index in [-0.39, 0.29) is 0 Å². The minimum absolute atomic E-state index is 0.412. The van der Waals surface area contributed by atoms with Gasteiger partial charge in [0, 0.05) is 61.4 Å². The largest absolute Gasteiger partial charge is 0.491 e. The van der Waals surface area contributed by atoms with Gasteiger partial charge in [-0.1, -0.05) is 54.6 Å². The van der Waals surface area contributed by atoms with E-state index < -0.39 is 6.04 Å². The second-order valence-corrected chi connectivity index (χ2v) is 16.1. The third-order valence-electron chi connectivity index (χ3n) is 11.6. The van der Waals surface area contributed by atoms with E-state index in [0.717, 1.165) is 101 Å². The molecule has 1 N–H and O–H groups in total. The first-order valence-corrected chi connectivity index (χ1v) is 22.6. The number of nitrogens with one attached hydrogen (secondary N) is 1. The van der Waals surface area contributed by atoms with Gasteiger partial charge in [-0.15, -0.1) is 0 Å². The molecule has 346 valence electrons. The highest BCUT2D eigenvalue weighted by molar-refractivity contribution is 6.35. The van der Waals surface area contributed by atoms with Crippen LogP contribution in [-0.4, -0.2) is 109 Å². The smallest absolute Gasteiger partial charge is 0.120 e. The number of hydrogen-bond donors (Lipinski definition) is 1. The van der Waals surface area contributed by atoms with Crippen LogP contribution in [0.5, 0.6) is 23.0 Å². The van der Waals surface area contributed by atoms with E-state index in [4.69, 9.17) is 52.9 Å². The van der Waals surface area contributed by atoms with Crippen LogP contribution in [-0.2, 0) is 18.9 Å². The normalized spacial score (nSPS) is 19.8. The Balaban J connectivity index is 1.32. The Kier molecular flexibility index (Phi) is 14.8. The average Bonchev–Trinajstić information content (AvgIpc) is 4.21. The van der Waals surface area contributed by atoms with Gasteiger partial charge in [0.25, 0.3) is 0 Å². The number of methoxy groups -OCH3 is 4. The molecular weight excluding hydrogens is 857 g/mol. The number of benzene rings is 4. The molecule has 0 spiro atoms. The summed E-state index contributed by atoms with van der Waals surface area (Å²) in [5.41, 5.74) is 11.1. The van der Waals surface area contributed by atoms with Crippen molar-refractivity contribution in [3.05, 3.63) is 190 Å². The molecule has 8 bridgehead atoms. The molecule has 0 fully saturated rings. The Bertz CT molecular complexity index is 3040. The maximum absolute atomic E-state index is 6.14. The van der Waals surface area contributed by atoms with Crippen molar-refractivity contribution in [1.82, 2.24) is 4.98 Å². The van der Waals surface area contributed by atoms with E-state index >= 15 is 0 Å². The predicted molar refractivity (Wildman–Crippen MR) is 268 cm³/mol. The Labute approximate surface area is 396 Å². The van der Waals surface area contributed by atoms with Crippen molar-refractivity contribution in [2.24, 2.45) is 15.0 Å². The summed E-state index contributed by atoms with van der Waals surface area (Å²) < 4.78 is 45.7. The summed E-state index contributed by atoms with van der Waals surface area (Å²) in [6, 6.07) is 36.1. The average molecular weight is 911 g/mol. The van der Waals surface area contributed by atoms with Crippen molar-refractivity contribution in [1.29, 1.82) is 0 Å². The van der Waals surface area contributed by atoms with Gasteiger partial charge in [0.2, 0.25) is 0 Å². The zero-order chi connectivity index (χ0) is 46.7. The van der Waals surface area contributed by atoms with Crippen molar-refractivity contribution in [2.45, 2.75) is 6.04 Å². The molecule has 0 radical (unpaired) electrons. The number of aromatic nitrogens is 1. The van der Waals surface area contributed by atoms with Gasteiger partial charge in [-0.25, -0.2) is 9.98 Å². The summed E-state index contributed by atoms with van der Waals surface area (Å²) >= 11 is 0. The van der Waals surface area contributed by atoms with Gasteiger partial charge >= 0.3 is 0 Å². The van der Waals surface area contributed by atoms with E-state index in [1.807, 2.05) is 72.8 Å². The Morgan fingerprint density at radius 3 is 1.29 bits per heavy atom. The van der Waals surface area contributed by atoms with E-state index in [9.17, 15) is 0 Å². The topological polar surface area (TPSA) is 127 Å². The Morgan fingerprint density at radius 1 is 0.412 bits per heavy atom. The molecule has 12 nitrogen and oxygen atoms in total. The highest BCUT2D eigenvalue weighted by Gasteiger charge is 2.28. The van der Waals surface area contributed by atoms with Gasteiger partial charge in [0.1, 0.15) is 49.4 Å². The minimum atomic E-state index is -0.415. The fourth-order valence-corrected chi connectivity index (χ4v) is 8.43. The minimum Gasteiger partial charge on any atom is -0.491 e. The van der Waals surface area contributed by atoms with Crippen LogP contribution < -0.4 is 29.6 Å². The molecule has 5 aromatic rings. The molecule has 1 aromatic heterocycles. The van der Waals surface area contributed by atoms with Crippen molar-refractivity contribution in [3.8, 4) is 23.0 Å². The van der Waals surface area contributed by atoms with Crippen LogP contribution in [0.2, 0.25) is 0 Å². The lowest BCUT2D eigenvalue weighted by Crippen LogP contribution is -2.21. The Hall–Kier alpha value is -7.35. The van der Waals surface area contributed by atoms with E-state index in [2.05, 4.69) is 77.8 Å². The second-order valence-electron chi connectivity index (χ2n) is 16.1. The summed E-state index contributed by atoms with van der Waals surface area (Å²) in [7, 11) is 6.66. The van der Waals surface area contributed by atoms with Crippen LogP contribution in [0.3, 0.4) is 0 Å². The predicted octanol–water partition coefficient (Wildman–Crippen LogP) is 7.75. The first-order valence-electron chi connectivity index (χ1n) is 22.6. The van der Waals surface area contributed by atoms with Crippen molar-refractivity contribution in [2.75, 3.05) is 81.3 Å². The maximum Gasteiger partial charge on any atom is 0.120 e. The molecular formula is C56H54N4O8. The number of rotatable bonds is 20. The number of H-pyrrole nitrogens is 1. The second kappa shape index (κ2) is 22.0. The molecule has 1 unspecified atom stereocenters. The van der Waals surface area contributed by atoms with Gasteiger partial charge in [-0.3, -0.25) is 4.99 Å². The molecule has 0 amide bonds. The van der Waals surface area contributed by atoms with Gasteiger partial charge in [-0.2, -0.15) is 0 Å². The number of aromatic amines is 1.